The standard InChI is InChI=1S/C24H30O5/c1-4-5-6-7-16-27-21-12-8-20(9-13-21)24(26)29-22-14-10-19(11-15-22)23(25)28-17-18(2)3/h8-15,18H,4-7,16-17H2,1-3H3. The summed E-state index contributed by atoms with van der Waals surface area (Å²) in [7, 11) is 0. The van der Waals surface area contributed by atoms with Crippen LogP contribution < -0.4 is 9.47 Å². The minimum Gasteiger partial charge on any atom is -0.494 e. The fourth-order valence-electron chi connectivity index (χ4n) is 2.56. The maximum absolute atomic E-state index is 12.3. The molecule has 0 bridgehead atoms. The Balaban J connectivity index is 1.84. The quantitative estimate of drug-likeness (QED) is 0.277. The minimum atomic E-state index is -0.463. The van der Waals surface area contributed by atoms with Crippen LogP contribution >= 0.6 is 0 Å². The lowest BCUT2D eigenvalue weighted by Crippen LogP contribution is -2.11. The number of carbonyl (C=O) groups excluding carboxylic acids is 2. The first-order valence-electron chi connectivity index (χ1n) is 10.2. The second kappa shape index (κ2) is 11.9. The van der Waals surface area contributed by atoms with Crippen molar-refractivity contribution in [3.05, 3.63) is 59.7 Å². The Hall–Kier alpha value is -2.82. The zero-order chi connectivity index (χ0) is 21.1. The molecule has 156 valence electrons. The Bertz CT molecular complexity index is 763. The molecule has 0 aromatic heterocycles. The Kier molecular flexibility index (Phi) is 9.22. The van der Waals surface area contributed by atoms with Crippen LogP contribution in [0.2, 0.25) is 0 Å². The molecule has 29 heavy (non-hydrogen) atoms. The summed E-state index contributed by atoms with van der Waals surface area (Å²) in [5.74, 6) is 0.530. The molecule has 0 radical (unpaired) electrons. The molecule has 2 aromatic rings. The highest BCUT2D eigenvalue weighted by Crippen LogP contribution is 2.17. The third-order valence-corrected chi connectivity index (χ3v) is 4.20. The van der Waals surface area contributed by atoms with Gasteiger partial charge in [0.2, 0.25) is 0 Å². The normalized spacial score (nSPS) is 10.6. The highest BCUT2D eigenvalue weighted by atomic mass is 16.5. The van der Waals surface area contributed by atoms with Crippen molar-refractivity contribution in [1.82, 2.24) is 0 Å². The summed E-state index contributed by atoms with van der Waals surface area (Å²) in [5.41, 5.74) is 0.856. The lowest BCUT2D eigenvalue weighted by molar-refractivity contribution is 0.0459. The number of unbranched alkanes of at least 4 members (excludes halogenated alkanes) is 3. The van der Waals surface area contributed by atoms with E-state index < -0.39 is 5.97 Å². The van der Waals surface area contributed by atoms with Crippen molar-refractivity contribution < 1.29 is 23.8 Å². The van der Waals surface area contributed by atoms with Crippen LogP contribution in [-0.4, -0.2) is 25.2 Å². The lowest BCUT2D eigenvalue weighted by atomic mass is 10.2. The van der Waals surface area contributed by atoms with Crippen LogP contribution in [0, 0.1) is 5.92 Å². The molecule has 0 aliphatic heterocycles. The number of hydrogen-bond donors (Lipinski definition) is 0. The molecule has 0 aliphatic carbocycles. The van der Waals surface area contributed by atoms with E-state index >= 15 is 0 Å². The van der Waals surface area contributed by atoms with Gasteiger partial charge in [-0.05, 0) is 60.9 Å². The molecule has 0 saturated heterocycles. The first-order chi connectivity index (χ1) is 14.0. The van der Waals surface area contributed by atoms with Gasteiger partial charge in [-0.3, -0.25) is 0 Å². The first-order valence-corrected chi connectivity index (χ1v) is 10.2. The fraction of sp³-hybridized carbons (Fsp3) is 0.417. The Labute approximate surface area is 173 Å². The van der Waals surface area contributed by atoms with E-state index in [9.17, 15) is 9.59 Å². The second-order valence-electron chi connectivity index (χ2n) is 7.34. The lowest BCUT2D eigenvalue weighted by Gasteiger charge is -2.09. The van der Waals surface area contributed by atoms with E-state index in [4.69, 9.17) is 14.2 Å². The van der Waals surface area contributed by atoms with Gasteiger partial charge >= 0.3 is 11.9 Å². The molecule has 0 atom stereocenters. The molecular formula is C24H30O5. The second-order valence-corrected chi connectivity index (χ2v) is 7.34. The molecule has 5 heteroatoms. The number of ether oxygens (including phenoxy) is 3. The minimum absolute atomic E-state index is 0.275. The molecule has 0 fully saturated rings. The van der Waals surface area contributed by atoms with Crippen LogP contribution in [0.1, 0.15) is 67.2 Å². The highest BCUT2D eigenvalue weighted by molar-refractivity contribution is 5.92. The van der Waals surface area contributed by atoms with E-state index in [1.54, 1.807) is 48.5 Å². The Morgan fingerprint density at radius 1 is 0.793 bits per heavy atom. The SMILES string of the molecule is CCCCCCOc1ccc(C(=O)Oc2ccc(C(=O)OCC(C)C)cc2)cc1. The van der Waals surface area contributed by atoms with Gasteiger partial charge < -0.3 is 14.2 Å². The molecule has 0 heterocycles. The number of benzene rings is 2. The smallest absolute Gasteiger partial charge is 0.343 e. The monoisotopic (exact) mass is 398 g/mol. The predicted octanol–water partition coefficient (Wildman–Crippen LogP) is 5.68. The molecule has 0 unspecified atom stereocenters. The van der Waals surface area contributed by atoms with Crippen molar-refractivity contribution in [2.24, 2.45) is 5.92 Å². The van der Waals surface area contributed by atoms with Crippen LogP contribution in [0.4, 0.5) is 0 Å². The van der Waals surface area contributed by atoms with Crippen molar-refractivity contribution in [2.45, 2.75) is 46.5 Å². The van der Waals surface area contributed by atoms with Crippen molar-refractivity contribution in [2.75, 3.05) is 13.2 Å². The van der Waals surface area contributed by atoms with Gasteiger partial charge in [0.05, 0.1) is 24.3 Å². The third kappa shape index (κ3) is 7.98. The molecular weight excluding hydrogens is 368 g/mol. The number of rotatable bonds is 11. The Morgan fingerprint density at radius 3 is 1.97 bits per heavy atom. The van der Waals surface area contributed by atoms with Gasteiger partial charge in [-0.1, -0.05) is 40.0 Å². The average Bonchev–Trinajstić information content (AvgIpc) is 2.72. The summed E-state index contributed by atoms with van der Waals surface area (Å²) in [6.45, 7) is 7.17. The summed E-state index contributed by atoms with van der Waals surface area (Å²) >= 11 is 0. The van der Waals surface area contributed by atoms with Gasteiger partial charge in [0.15, 0.2) is 0 Å². The molecule has 0 aliphatic rings. The van der Waals surface area contributed by atoms with E-state index in [-0.39, 0.29) is 11.9 Å². The largest absolute Gasteiger partial charge is 0.494 e. The van der Waals surface area contributed by atoms with Gasteiger partial charge in [0, 0.05) is 0 Å². The maximum Gasteiger partial charge on any atom is 0.343 e. The molecule has 2 rings (SSSR count). The molecule has 0 saturated carbocycles. The number of hydrogen-bond acceptors (Lipinski definition) is 5. The van der Waals surface area contributed by atoms with Crippen LogP contribution in [-0.2, 0) is 4.74 Å². The van der Waals surface area contributed by atoms with Crippen molar-refractivity contribution in [3.63, 3.8) is 0 Å². The summed E-state index contributed by atoms with van der Waals surface area (Å²) in [6, 6.07) is 13.2. The van der Waals surface area contributed by atoms with Gasteiger partial charge in [0.25, 0.3) is 0 Å². The van der Waals surface area contributed by atoms with Gasteiger partial charge in [-0.2, -0.15) is 0 Å². The van der Waals surface area contributed by atoms with E-state index in [0.717, 1.165) is 18.6 Å². The van der Waals surface area contributed by atoms with Gasteiger partial charge in [0.1, 0.15) is 11.5 Å². The van der Waals surface area contributed by atoms with Crippen LogP contribution in [0.25, 0.3) is 0 Å². The zero-order valence-corrected chi connectivity index (χ0v) is 17.5. The maximum atomic E-state index is 12.3. The van der Waals surface area contributed by atoms with Gasteiger partial charge in [-0.25, -0.2) is 9.59 Å². The van der Waals surface area contributed by atoms with Crippen molar-refractivity contribution in [1.29, 1.82) is 0 Å². The molecule has 0 amide bonds. The van der Waals surface area contributed by atoms with Crippen molar-refractivity contribution >= 4 is 11.9 Å². The summed E-state index contributed by atoms with van der Waals surface area (Å²) in [5, 5.41) is 0. The first kappa shape index (κ1) is 22.5. The van der Waals surface area contributed by atoms with Crippen LogP contribution in [0.15, 0.2) is 48.5 Å². The van der Waals surface area contributed by atoms with Crippen LogP contribution in [0.3, 0.4) is 0 Å². The Morgan fingerprint density at radius 2 is 1.38 bits per heavy atom. The fourth-order valence-corrected chi connectivity index (χ4v) is 2.56. The zero-order valence-electron chi connectivity index (χ0n) is 17.5. The summed E-state index contributed by atoms with van der Waals surface area (Å²) in [6.07, 6.45) is 4.60. The van der Waals surface area contributed by atoms with E-state index in [0.29, 0.717) is 30.1 Å². The van der Waals surface area contributed by atoms with Crippen molar-refractivity contribution in [3.8, 4) is 11.5 Å². The van der Waals surface area contributed by atoms with E-state index in [1.807, 2.05) is 13.8 Å². The molecule has 0 spiro atoms. The van der Waals surface area contributed by atoms with E-state index in [2.05, 4.69) is 6.92 Å². The summed E-state index contributed by atoms with van der Waals surface area (Å²) < 4.78 is 16.2. The number of esters is 2. The van der Waals surface area contributed by atoms with E-state index in [1.165, 1.54) is 12.8 Å². The molecule has 5 nitrogen and oxygen atoms in total. The average molecular weight is 398 g/mol. The topological polar surface area (TPSA) is 61.8 Å². The molecule has 0 N–H and O–H groups in total. The van der Waals surface area contributed by atoms with Gasteiger partial charge in [-0.15, -0.1) is 0 Å². The molecule has 2 aromatic carbocycles. The summed E-state index contributed by atoms with van der Waals surface area (Å²) in [4.78, 5) is 24.2. The third-order valence-electron chi connectivity index (χ3n) is 4.20. The predicted molar refractivity (Wildman–Crippen MR) is 113 cm³/mol. The van der Waals surface area contributed by atoms with Crippen LogP contribution in [0.5, 0.6) is 11.5 Å². The highest BCUT2D eigenvalue weighted by Gasteiger charge is 2.11. The number of carbonyl (C=O) groups is 2.